The van der Waals surface area contributed by atoms with E-state index >= 15 is 0 Å². The molecular formula is C25H26F3N9O6. The number of nitrogen functional groups attached to an aromatic ring is 1. The van der Waals surface area contributed by atoms with E-state index in [9.17, 15) is 42.3 Å². The summed E-state index contributed by atoms with van der Waals surface area (Å²) in [6.07, 6.45) is -4.54. The van der Waals surface area contributed by atoms with Crippen LogP contribution in [0.4, 0.5) is 24.8 Å². The molecule has 1 saturated heterocycles. The number of nitrogens with zero attached hydrogens (tertiary/aromatic N) is 5. The topological polar surface area (TPSA) is 217 Å². The Bertz CT molecular complexity index is 1590. The summed E-state index contributed by atoms with van der Waals surface area (Å²) in [7, 11) is 0. The number of carboxylic acid groups (broad SMARTS) is 1. The molecule has 0 bridgehead atoms. The summed E-state index contributed by atoms with van der Waals surface area (Å²) < 4.78 is 40.4. The van der Waals surface area contributed by atoms with E-state index in [1.165, 1.54) is 0 Å². The number of hydrogen-bond donors (Lipinski definition) is 5. The lowest BCUT2D eigenvalue weighted by atomic mass is 10.1. The number of carbonyl (C=O) groups is 4. The lowest BCUT2D eigenvalue weighted by molar-refractivity contribution is -0.170. The Balaban J connectivity index is 1.49. The minimum absolute atomic E-state index is 0.108. The van der Waals surface area contributed by atoms with Crippen molar-refractivity contribution in [3.8, 4) is 0 Å². The van der Waals surface area contributed by atoms with E-state index in [0.717, 1.165) is 30.5 Å². The molecule has 1 aliphatic heterocycles. The van der Waals surface area contributed by atoms with Crippen LogP contribution in [0.25, 0.3) is 11.2 Å². The Morgan fingerprint density at radius 2 is 1.79 bits per heavy atom. The minimum atomic E-state index is -5.29. The predicted octanol–water partition coefficient (Wildman–Crippen LogP) is -0.214. The zero-order chi connectivity index (χ0) is 31.3. The van der Waals surface area contributed by atoms with Gasteiger partial charge in [0.25, 0.3) is 11.5 Å². The first-order chi connectivity index (χ1) is 20.3. The highest BCUT2D eigenvalue weighted by Crippen LogP contribution is 2.26. The monoisotopic (exact) mass is 605 g/mol. The van der Waals surface area contributed by atoms with Crippen molar-refractivity contribution in [2.24, 2.45) is 0 Å². The molecule has 1 unspecified atom stereocenters. The molecule has 0 aliphatic carbocycles. The number of halogens is 3. The number of carboxylic acids is 1. The van der Waals surface area contributed by atoms with Crippen LogP contribution in [0, 0.1) is 0 Å². The number of amides is 3. The first-order valence-corrected chi connectivity index (χ1v) is 12.9. The van der Waals surface area contributed by atoms with E-state index in [4.69, 9.17) is 5.73 Å². The van der Waals surface area contributed by atoms with E-state index in [1.807, 2.05) is 0 Å². The van der Waals surface area contributed by atoms with Crippen LogP contribution in [-0.4, -0.2) is 92.0 Å². The second-order valence-corrected chi connectivity index (χ2v) is 9.45. The van der Waals surface area contributed by atoms with Gasteiger partial charge in [-0.15, -0.1) is 0 Å². The molecule has 3 amide bonds. The molecule has 2 aromatic heterocycles. The normalized spacial score (nSPS) is 14.3. The number of carbonyl (C=O) groups excluding carboxylic acids is 3. The number of rotatable bonds is 9. The van der Waals surface area contributed by atoms with E-state index in [0.29, 0.717) is 31.1 Å². The summed E-state index contributed by atoms with van der Waals surface area (Å²) in [5, 5.41) is 14.9. The van der Waals surface area contributed by atoms with Gasteiger partial charge in [-0.05, 0) is 30.7 Å². The van der Waals surface area contributed by atoms with E-state index < -0.39 is 42.1 Å². The molecule has 4 rings (SSSR count). The first kappa shape index (κ1) is 30.8. The Kier molecular flexibility index (Phi) is 9.18. The van der Waals surface area contributed by atoms with Gasteiger partial charge in [-0.1, -0.05) is 0 Å². The molecule has 0 radical (unpaired) electrons. The highest BCUT2D eigenvalue weighted by Gasteiger charge is 2.43. The van der Waals surface area contributed by atoms with Crippen molar-refractivity contribution in [1.82, 2.24) is 35.5 Å². The molecule has 18 heteroatoms. The Morgan fingerprint density at radius 1 is 1.12 bits per heavy atom. The summed E-state index contributed by atoms with van der Waals surface area (Å²) in [6.45, 7) is 1.46. The predicted molar refractivity (Wildman–Crippen MR) is 144 cm³/mol. The fourth-order valence-corrected chi connectivity index (χ4v) is 4.27. The van der Waals surface area contributed by atoms with Crippen molar-refractivity contribution in [1.29, 1.82) is 0 Å². The zero-order valence-electron chi connectivity index (χ0n) is 22.3. The van der Waals surface area contributed by atoms with Crippen molar-refractivity contribution in [3.05, 3.63) is 52.1 Å². The summed E-state index contributed by atoms with van der Waals surface area (Å²) in [4.78, 5) is 77.0. The smallest absolute Gasteiger partial charge is 0.471 e. The van der Waals surface area contributed by atoms with Crippen LogP contribution in [0.5, 0.6) is 0 Å². The average molecular weight is 606 g/mol. The fourth-order valence-electron chi connectivity index (χ4n) is 4.27. The highest BCUT2D eigenvalue weighted by molar-refractivity contribution is 5.99. The molecule has 0 spiro atoms. The van der Waals surface area contributed by atoms with Crippen molar-refractivity contribution >= 4 is 46.5 Å². The number of nitrogens with one attached hydrogen (secondary N) is 3. The standard InChI is InChI=1S/C25H26F3N9O6/c26-25(27,28)23(43)37(12-14-11-31-19-18(32-14)21(40)35-24(29)34-19)15-3-1-13(2-4-15)20(39)33-16(22(41)42)5-6-17(38)36-9-7-30-8-10-36/h1-4,11,16,30H,5-10,12H2,(H,33,39)(H,41,42)(H3,29,31,34,35,40). The number of aromatic nitrogens is 4. The molecule has 3 aromatic rings. The number of fused-ring (bicyclic) bond motifs is 1. The molecule has 15 nitrogen and oxygen atoms in total. The lowest BCUT2D eigenvalue weighted by Crippen LogP contribution is -2.47. The van der Waals surface area contributed by atoms with E-state index in [2.05, 4.69) is 30.6 Å². The second-order valence-electron chi connectivity index (χ2n) is 9.45. The Labute approximate surface area is 240 Å². The van der Waals surface area contributed by atoms with Crippen molar-refractivity contribution in [2.75, 3.05) is 36.8 Å². The van der Waals surface area contributed by atoms with E-state index in [1.54, 1.807) is 4.90 Å². The molecule has 228 valence electrons. The molecule has 0 saturated carbocycles. The second kappa shape index (κ2) is 12.8. The van der Waals surface area contributed by atoms with Gasteiger partial charge in [0, 0.05) is 43.9 Å². The van der Waals surface area contributed by atoms with Crippen molar-refractivity contribution in [3.63, 3.8) is 0 Å². The molecule has 3 heterocycles. The quantitative estimate of drug-likeness (QED) is 0.215. The number of benzene rings is 1. The SMILES string of the molecule is Nc1nc2ncc(CN(C(=O)C(F)(F)F)c3ccc(C(=O)NC(CCC(=O)N4CCNCC4)C(=O)O)cc3)nc2c(=O)[nH]1. The maximum absolute atomic E-state index is 13.5. The Morgan fingerprint density at radius 3 is 2.42 bits per heavy atom. The zero-order valence-corrected chi connectivity index (χ0v) is 22.3. The number of nitrogens with two attached hydrogens (primary N) is 1. The molecule has 1 aromatic carbocycles. The number of hydrogen-bond acceptors (Lipinski definition) is 10. The summed E-state index contributed by atoms with van der Waals surface area (Å²) in [6, 6.07) is 2.93. The average Bonchev–Trinajstić information content (AvgIpc) is 2.97. The number of aliphatic carboxylic acids is 1. The summed E-state index contributed by atoms with van der Waals surface area (Å²) in [5.74, 6) is -4.96. The molecular weight excluding hydrogens is 579 g/mol. The summed E-state index contributed by atoms with van der Waals surface area (Å²) >= 11 is 0. The van der Waals surface area contributed by atoms with Gasteiger partial charge in [-0.3, -0.25) is 29.1 Å². The third-order valence-corrected chi connectivity index (χ3v) is 6.46. The molecule has 1 fully saturated rings. The fraction of sp³-hybridized carbons (Fsp3) is 0.360. The van der Waals surface area contributed by atoms with Gasteiger partial charge in [-0.2, -0.15) is 18.2 Å². The summed E-state index contributed by atoms with van der Waals surface area (Å²) in [5.41, 5.74) is 3.65. The number of anilines is 2. The van der Waals surface area contributed by atoms with Crippen LogP contribution >= 0.6 is 0 Å². The van der Waals surface area contributed by atoms with Gasteiger partial charge in [-0.25, -0.2) is 14.8 Å². The van der Waals surface area contributed by atoms with Gasteiger partial charge >= 0.3 is 18.1 Å². The molecule has 6 N–H and O–H groups in total. The lowest BCUT2D eigenvalue weighted by Gasteiger charge is -2.28. The van der Waals surface area contributed by atoms with Gasteiger partial charge in [0.2, 0.25) is 11.9 Å². The maximum atomic E-state index is 13.5. The number of piperazine rings is 1. The maximum Gasteiger partial charge on any atom is 0.471 e. The number of aromatic amines is 1. The van der Waals surface area contributed by atoms with Crippen LogP contribution in [0.15, 0.2) is 35.3 Å². The van der Waals surface area contributed by atoms with Crippen molar-refractivity contribution in [2.45, 2.75) is 31.6 Å². The number of H-pyrrole nitrogens is 1. The van der Waals surface area contributed by atoms with E-state index in [-0.39, 0.29) is 52.8 Å². The van der Waals surface area contributed by atoms with Crippen LogP contribution in [0.2, 0.25) is 0 Å². The van der Waals surface area contributed by atoms with Crippen LogP contribution in [-0.2, 0) is 20.9 Å². The van der Waals surface area contributed by atoms with Crippen LogP contribution in [0.3, 0.4) is 0 Å². The van der Waals surface area contributed by atoms with Gasteiger partial charge in [0.15, 0.2) is 11.2 Å². The van der Waals surface area contributed by atoms with Crippen molar-refractivity contribution < 1.29 is 37.5 Å². The first-order valence-electron chi connectivity index (χ1n) is 12.9. The molecule has 43 heavy (non-hydrogen) atoms. The molecule has 1 aliphatic rings. The third kappa shape index (κ3) is 7.59. The third-order valence-electron chi connectivity index (χ3n) is 6.46. The van der Waals surface area contributed by atoms with Gasteiger partial charge < -0.3 is 26.4 Å². The largest absolute Gasteiger partial charge is 0.480 e. The minimum Gasteiger partial charge on any atom is -0.480 e. The van der Waals surface area contributed by atoms with Crippen LogP contribution in [0.1, 0.15) is 28.9 Å². The van der Waals surface area contributed by atoms with Gasteiger partial charge in [0.05, 0.1) is 18.4 Å². The number of alkyl halides is 3. The van der Waals surface area contributed by atoms with Crippen LogP contribution < -0.4 is 26.8 Å². The molecule has 1 atom stereocenters. The highest BCUT2D eigenvalue weighted by atomic mass is 19.4. The Hall–Kier alpha value is -5.13. The van der Waals surface area contributed by atoms with Gasteiger partial charge in [0.1, 0.15) is 6.04 Å².